The minimum Gasteiger partial charge on any atom is -0.395 e. The van der Waals surface area contributed by atoms with E-state index in [1.165, 1.54) is 38.5 Å². The Morgan fingerprint density at radius 1 is 0.789 bits per heavy atom. The minimum absolute atomic E-state index is 0.764. The van der Waals surface area contributed by atoms with Crippen molar-refractivity contribution >= 4 is 8.56 Å². The fourth-order valence-electron chi connectivity index (χ4n) is 1.94. The molecule has 112 valence electrons. The fourth-order valence-corrected chi connectivity index (χ4v) is 3.36. The zero-order chi connectivity index (χ0) is 14.4. The van der Waals surface area contributed by atoms with Gasteiger partial charge in [0.25, 0.3) is 0 Å². The van der Waals surface area contributed by atoms with Gasteiger partial charge in [-0.2, -0.15) is 0 Å². The van der Waals surface area contributed by atoms with Crippen molar-refractivity contribution in [2.24, 2.45) is 0 Å². The summed E-state index contributed by atoms with van der Waals surface area (Å²) >= 11 is 0. The van der Waals surface area contributed by atoms with E-state index in [9.17, 15) is 0 Å². The summed E-state index contributed by atoms with van der Waals surface area (Å²) in [5.74, 6) is 6.31. The molecule has 0 fully saturated rings. The van der Waals surface area contributed by atoms with Gasteiger partial charge in [0.1, 0.15) is 0 Å². The average Bonchev–Trinajstić information content (AvgIpc) is 2.36. The Balaban J connectivity index is 3.23. The maximum absolute atomic E-state index is 5.84. The summed E-state index contributed by atoms with van der Waals surface area (Å²) in [7, 11) is -1.81. The van der Waals surface area contributed by atoms with Crippen LogP contribution in [0.25, 0.3) is 0 Å². The summed E-state index contributed by atoms with van der Waals surface area (Å²) in [6.07, 6.45) is 9.73. The summed E-state index contributed by atoms with van der Waals surface area (Å²) in [6, 6.07) is 0. The zero-order valence-corrected chi connectivity index (χ0v) is 14.4. The third kappa shape index (κ3) is 13.9. The van der Waals surface area contributed by atoms with Crippen LogP contribution in [0.1, 0.15) is 65.2 Å². The van der Waals surface area contributed by atoms with Gasteiger partial charge in [-0.15, -0.1) is 11.8 Å². The molecule has 0 N–H and O–H groups in total. The van der Waals surface area contributed by atoms with Crippen molar-refractivity contribution in [2.45, 2.75) is 78.3 Å². The predicted octanol–water partition coefficient (Wildman–Crippen LogP) is 4.89. The van der Waals surface area contributed by atoms with Gasteiger partial charge in [0.2, 0.25) is 0 Å². The molecule has 0 unspecified atom stereocenters. The average molecular weight is 285 g/mol. The molecule has 0 heterocycles. The van der Waals surface area contributed by atoms with Gasteiger partial charge in [-0.3, -0.25) is 0 Å². The van der Waals surface area contributed by atoms with Crippen LogP contribution in [0.15, 0.2) is 0 Å². The van der Waals surface area contributed by atoms with Gasteiger partial charge in [-0.25, -0.2) is 0 Å². The quantitative estimate of drug-likeness (QED) is 0.306. The fraction of sp³-hybridized carbons (Fsp3) is 0.875. The highest BCUT2D eigenvalue weighted by atomic mass is 28.4. The molecule has 19 heavy (non-hydrogen) atoms. The first-order chi connectivity index (χ1) is 9.12. The molecule has 0 aromatic rings. The van der Waals surface area contributed by atoms with Crippen molar-refractivity contribution in [3.05, 3.63) is 0 Å². The number of hydrogen-bond donors (Lipinski definition) is 0. The molecule has 0 aromatic carbocycles. The molecular formula is C16H32O2Si. The van der Waals surface area contributed by atoms with Crippen molar-refractivity contribution in [3.8, 4) is 11.8 Å². The van der Waals surface area contributed by atoms with Gasteiger partial charge >= 0.3 is 8.56 Å². The third-order valence-corrected chi connectivity index (χ3v) is 4.82. The smallest absolute Gasteiger partial charge is 0.331 e. The minimum atomic E-state index is -1.81. The highest BCUT2D eigenvalue weighted by Gasteiger charge is 2.22. The van der Waals surface area contributed by atoms with Crippen LogP contribution in [0.5, 0.6) is 0 Å². The molecule has 0 atom stereocenters. The molecule has 0 amide bonds. The van der Waals surface area contributed by atoms with E-state index in [-0.39, 0.29) is 0 Å². The summed E-state index contributed by atoms with van der Waals surface area (Å²) in [4.78, 5) is 0. The van der Waals surface area contributed by atoms with Gasteiger partial charge in [-0.05, 0) is 32.9 Å². The first-order valence-electron chi connectivity index (χ1n) is 7.86. The molecule has 2 nitrogen and oxygen atoms in total. The SMILES string of the molecule is CCC#CCCCCCCCCO[Si](C)(C)OCC. The topological polar surface area (TPSA) is 18.5 Å². The lowest BCUT2D eigenvalue weighted by atomic mass is 10.1. The standard InChI is InChI=1S/C16H32O2Si/c1-5-7-8-9-10-11-12-13-14-15-16-18-19(3,4)17-6-2/h5-6,9-16H2,1-4H3. The largest absolute Gasteiger partial charge is 0.395 e. The van der Waals surface area contributed by atoms with Crippen LogP contribution in [0.3, 0.4) is 0 Å². The molecule has 0 aliphatic heterocycles. The third-order valence-electron chi connectivity index (χ3n) is 2.94. The molecule has 0 aromatic heterocycles. The molecule has 3 heteroatoms. The monoisotopic (exact) mass is 284 g/mol. The van der Waals surface area contributed by atoms with E-state index in [0.29, 0.717) is 0 Å². The van der Waals surface area contributed by atoms with E-state index in [1.54, 1.807) is 0 Å². The lowest BCUT2D eigenvalue weighted by Crippen LogP contribution is -2.35. The second-order valence-corrected chi connectivity index (χ2v) is 8.64. The zero-order valence-electron chi connectivity index (χ0n) is 13.4. The van der Waals surface area contributed by atoms with Gasteiger partial charge < -0.3 is 8.85 Å². The predicted molar refractivity (Wildman–Crippen MR) is 85.4 cm³/mol. The molecule has 0 rings (SSSR count). The van der Waals surface area contributed by atoms with E-state index in [4.69, 9.17) is 8.85 Å². The Hall–Kier alpha value is -0.303. The lowest BCUT2D eigenvalue weighted by molar-refractivity contribution is 0.183. The van der Waals surface area contributed by atoms with Crippen molar-refractivity contribution in [3.63, 3.8) is 0 Å². The van der Waals surface area contributed by atoms with Gasteiger partial charge in [-0.1, -0.05) is 32.6 Å². The molecule has 0 radical (unpaired) electrons. The number of rotatable bonds is 11. The molecule has 0 saturated heterocycles. The normalized spacial score (nSPS) is 11.2. The first-order valence-corrected chi connectivity index (χ1v) is 10.7. The van der Waals surface area contributed by atoms with Crippen molar-refractivity contribution in [2.75, 3.05) is 13.2 Å². The molecule has 0 aliphatic rings. The Morgan fingerprint density at radius 3 is 2.05 bits per heavy atom. The highest BCUT2D eigenvalue weighted by Crippen LogP contribution is 2.10. The van der Waals surface area contributed by atoms with E-state index in [0.717, 1.165) is 26.1 Å². The van der Waals surface area contributed by atoms with E-state index in [1.807, 2.05) is 6.92 Å². The Bertz CT molecular complexity index is 253. The summed E-state index contributed by atoms with van der Waals surface area (Å²) < 4.78 is 11.5. The van der Waals surface area contributed by atoms with E-state index in [2.05, 4.69) is 31.9 Å². The Morgan fingerprint density at radius 2 is 1.42 bits per heavy atom. The lowest BCUT2D eigenvalue weighted by Gasteiger charge is -2.21. The maximum Gasteiger partial charge on any atom is 0.331 e. The van der Waals surface area contributed by atoms with Crippen LogP contribution in [0.2, 0.25) is 13.1 Å². The van der Waals surface area contributed by atoms with E-state index >= 15 is 0 Å². The van der Waals surface area contributed by atoms with Crippen molar-refractivity contribution < 1.29 is 8.85 Å². The summed E-state index contributed by atoms with van der Waals surface area (Å²) in [6.45, 7) is 10.00. The number of unbranched alkanes of at least 4 members (excludes halogenated alkanes) is 6. The second kappa shape index (κ2) is 12.7. The Labute approximate surface area is 121 Å². The van der Waals surface area contributed by atoms with Crippen LogP contribution in [-0.4, -0.2) is 21.8 Å². The summed E-state index contributed by atoms with van der Waals surface area (Å²) in [5.41, 5.74) is 0. The van der Waals surface area contributed by atoms with Crippen molar-refractivity contribution in [1.29, 1.82) is 0 Å². The van der Waals surface area contributed by atoms with Crippen LogP contribution < -0.4 is 0 Å². The molecule has 0 spiro atoms. The number of hydrogen-bond acceptors (Lipinski definition) is 2. The van der Waals surface area contributed by atoms with Crippen molar-refractivity contribution in [1.82, 2.24) is 0 Å². The van der Waals surface area contributed by atoms with Crippen LogP contribution in [0.4, 0.5) is 0 Å². The summed E-state index contributed by atoms with van der Waals surface area (Å²) in [5, 5.41) is 0. The van der Waals surface area contributed by atoms with Crippen LogP contribution >= 0.6 is 0 Å². The molecule has 0 bridgehead atoms. The Kier molecular flexibility index (Phi) is 12.5. The van der Waals surface area contributed by atoms with Crippen LogP contribution in [-0.2, 0) is 8.85 Å². The van der Waals surface area contributed by atoms with Crippen LogP contribution in [0, 0.1) is 11.8 Å². The second-order valence-electron chi connectivity index (χ2n) is 5.26. The highest BCUT2D eigenvalue weighted by molar-refractivity contribution is 6.64. The molecule has 0 saturated carbocycles. The van der Waals surface area contributed by atoms with Gasteiger partial charge in [0.05, 0.1) is 0 Å². The molecular weight excluding hydrogens is 252 g/mol. The first kappa shape index (κ1) is 18.7. The van der Waals surface area contributed by atoms with Gasteiger partial charge in [0, 0.05) is 26.1 Å². The molecule has 0 aliphatic carbocycles. The van der Waals surface area contributed by atoms with Gasteiger partial charge in [0.15, 0.2) is 0 Å². The maximum atomic E-state index is 5.84. The van der Waals surface area contributed by atoms with E-state index < -0.39 is 8.56 Å².